The van der Waals surface area contributed by atoms with Gasteiger partial charge in [0.2, 0.25) is 10.0 Å². The molecule has 1 aromatic carbocycles. The summed E-state index contributed by atoms with van der Waals surface area (Å²) >= 11 is 1.48. The molecule has 0 N–H and O–H groups in total. The van der Waals surface area contributed by atoms with Gasteiger partial charge in [0.05, 0.1) is 17.1 Å². The van der Waals surface area contributed by atoms with Crippen LogP contribution in [0.25, 0.3) is 0 Å². The predicted octanol–water partition coefficient (Wildman–Crippen LogP) is 2.93. The Bertz CT molecular complexity index is 979. The summed E-state index contributed by atoms with van der Waals surface area (Å²) in [6, 6.07) is 8.84. The Labute approximate surface area is 182 Å². The second-order valence-electron chi connectivity index (χ2n) is 7.02. The minimum Gasteiger partial charge on any atom is -0.490 e. The smallest absolute Gasteiger partial charge is 0.257 e. The average molecular weight is 453 g/mol. The molecule has 3 rings (SSSR count). The highest BCUT2D eigenvalue weighted by atomic mass is 32.2. The van der Waals surface area contributed by atoms with Crippen LogP contribution in [-0.4, -0.2) is 69.5 Å². The Hall–Kier alpha value is -1.94. The molecule has 7 nitrogen and oxygen atoms in total. The van der Waals surface area contributed by atoms with Gasteiger partial charge in [-0.3, -0.25) is 4.79 Å². The number of para-hydroxylation sites is 1. The lowest BCUT2D eigenvalue weighted by atomic mass is 10.1. The summed E-state index contributed by atoms with van der Waals surface area (Å²) in [5, 5.41) is 0. The van der Waals surface area contributed by atoms with Gasteiger partial charge in [0, 0.05) is 42.5 Å². The maximum Gasteiger partial charge on any atom is 0.257 e. The van der Waals surface area contributed by atoms with Crippen molar-refractivity contribution in [2.75, 3.05) is 46.0 Å². The van der Waals surface area contributed by atoms with Crippen LogP contribution in [-0.2, 0) is 14.8 Å². The van der Waals surface area contributed by atoms with Crippen molar-refractivity contribution in [1.29, 1.82) is 0 Å². The largest absolute Gasteiger partial charge is 0.490 e. The van der Waals surface area contributed by atoms with Crippen LogP contribution < -0.4 is 4.74 Å². The highest BCUT2D eigenvalue weighted by molar-refractivity contribution is 7.89. The van der Waals surface area contributed by atoms with E-state index in [4.69, 9.17) is 9.47 Å². The molecule has 1 aromatic heterocycles. The molecule has 1 fully saturated rings. The van der Waals surface area contributed by atoms with E-state index >= 15 is 0 Å². The Morgan fingerprint density at radius 1 is 1.10 bits per heavy atom. The van der Waals surface area contributed by atoms with Crippen LogP contribution in [0.5, 0.6) is 5.75 Å². The van der Waals surface area contributed by atoms with Gasteiger partial charge in [0.25, 0.3) is 5.91 Å². The molecule has 30 heavy (non-hydrogen) atoms. The Morgan fingerprint density at radius 2 is 1.80 bits per heavy atom. The fraction of sp³-hybridized carbons (Fsp3) is 0.476. The minimum atomic E-state index is -3.54. The van der Waals surface area contributed by atoms with Gasteiger partial charge in [-0.25, -0.2) is 8.42 Å². The molecule has 0 spiro atoms. The molecule has 0 radical (unpaired) electrons. The van der Waals surface area contributed by atoms with E-state index in [0.29, 0.717) is 49.1 Å². The lowest BCUT2D eigenvalue weighted by Gasteiger charge is -2.34. The monoisotopic (exact) mass is 452 g/mol. The van der Waals surface area contributed by atoms with E-state index in [-0.39, 0.29) is 19.0 Å². The van der Waals surface area contributed by atoms with Crippen LogP contribution >= 0.6 is 11.3 Å². The van der Waals surface area contributed by atoms with Crippen molar-refractivity contribution in [1.82, 2.24) is 9.21 Å². The van der Waals surface area contributed by atoms with Gasteiger partial charge in [0.15, 0.2) is 0 Å². The number of ether oxygens (including phenoxy) is 2. The molecule has 9 heteroatoms. The van der Waals surface area contributed by atoms with Gasteiger partial charge in [-0.05, 0) is 39.0 Å². The first-order valence-corrected chi connectivity index (χ1v) is 12.3. The molecule has 2 heterocycles. The average Bonchev–Trinajstić information content (AvgIpc) is 3.10. The van der Waals surface area contributed by atoms with Crippen LogP contribution in [0.1, 0.15) is 27.0 Å². The number of piperazine rings is 1. The topological polar surface area (TPSA) is 76.2 Å². The van der Waals surface area contributed by atoms with E-state index in [1.165, 1.54) is 15.6 Å². The van der Waals surface area contributed by atoms with Crippen molar-refractivity contribution >= 4 is 27.3 Å². The van der Waals surface area contributed by atoms with Crippen molar-refractivity contribution in [2.24, 2.45) is 0 Å². The fourth-order valence-corrected chi connectivity index (χ4v) is 6.37. The number of thiophene rings is 1. The van der Waals surface area contributed by atoms with Crippen molar-refractivity contribution in [2.45, 2.75) is 25.7 Å². The number of aryl methyl sites for hydroxylation is 2. The Kier molecular flexibility index (Phi) is 7.51. The highest BCUT2D eigenvalue weighted by Crippen LogP contribution is 2.28. The molecule has 1 aliphatic rings. The lowest BCUT2D eigenvalue weighted by molar-refractivity contribution is 0.0688. The minimum absolute atomic E-state index is 0.151. The third kappa shape index (κ3) is 5.03. The molecule has 1 aliphatic heterocycles. The number of sulfonamides is 1. The number of rotatable bonds is 8. The van der Waals surface area contributed by atoms with Gasteiger partial charge in [-0.2, -0.15) is 4.31 Å². The lowest BCUT2D eigenvalue weighted by Crippen LogP contribution is -2.50. The highest BCUT2D eigenvalue weighted by Gasteiger charge is 2.32. The second-order valence-corrected chi connectivity index (χ2v) is 10.4. The number of hydrogen-bond acceptors (Lipinski definition) is 6. The van der Waals surface area contributed by atoms with Crippen LogP contribution in [0.3, 0.4) is 0 Å². The summed E-state index contributed by atoms with van der Waals surface area (Å²) in [6.45, 7) is 8.31. The molecule has 1 amide bonds. The quantitative estimate of drug-likeness (QED) is 0.576. The zero-order valence-electron chi connectivity index (χ0n) is 17.6. The fourth-order valence-electron chi connectivity index (χ4n) is 3.43. The summed E-state index contributed by atoms with van der Waals surface area (Å²) in [5.41, 5.74) is 0.481. The number of benzene rings is 1. The van der Waals surface area contributed by atoms with E-state index < -0.39 is 10.0 Å². The number of hydrogen-bond donors (Lipinski definition) is 0. The number of amides is 1. The van der Waals surface area contributed by atoms with Gasteiger partial charge in [-0.15, -0.1) is 11.3 Å². The van der Waals surface area contributed by atoms with Gasteiger partial charge in [0.1, 0.15) is 12.4 Å². The van der Waals surface area contributed by atoms with E-state index in [0.717, 1.165) is 9.75 Å². The van der Waals surface area contributed by atoms with Crippen molar-refractivity contribution < 1.29 is 22.7 Å². The summed E-state index contributed by atoms with van der Waals surface area (Å²) in [6.07, 6.45) is 0. The SMILES string of the molecule is CCOCCOc1ccccc1C(=O)N1CCN(S(=O)(=O)c2cc(C)sc2C)CC1. The standard InChI is InChI=1S/C21H28N2O5S2/c1-4-27-13-14-28-19-8-6-5-7-18(19)21(24)22-9-11-23(12-10-22)30(25,26)20-15-16(2)29-17(20)3/h5-8,15H,4,9-14H2,1-3H3. The molecule has 1 saturated heterocycles. The van der Waals surface area contributed by atoms with E-state index in [9.17, 15) is 13.2 Å². The third-order valence-corrected chi connectivity index (χ3v) is 8.07. The zero-order chi connectivity index (χ0) is 21.7. The first-order chi connectivity index (χ1) is 14.3. The molecule has 164 valence electrons. The molecule has 0 unspecified atom stereocenters. The normalized spacial score (nSPS) is 15.4. The predicted molar refractivity (Wildman–Crippen MR) is 117 cm³/mol. The van der Waals surface area contributed by atoms with Crippen LogP contribution in [0.15, 0.2) is 35.2 Å². The maximum atomic E-state index is 13.0. The van der Waals surface area contributed by atoms with Crippen molar-refractivity contribution in [3.05, 3.63) is 45.6 Å². The molecular formula is C21H28N2O5S2. The van der Waals surface area contributed by atoms with Crippen molar-refractivity contribution in [3.63, 3.8) is 0 Å². The molecule has 0 saturated carbocycles. The summed E-state index contributed by atoms with van der Waals surface area (Å²) in [7, 11) is -3.54. The molecular weight excluding hydrogens is 424 g/mol. The number of nitrogens with zero attached hydrogens (tertiary/aromatic N) is 2. The maximum absolute atomic E-state index is 13.0. The summed E-state index contributed by atoms with van der Waals surface area (Å²) in [5.74, 6) is 0.364. The van der Waals surface area contributed by atoms with E-state index in [2.05, 4.69) is 0 Å². The Balaban J connectivity index is 1.65. The zero-order valence-corrected chi connectivity index (χ0v) is 19.2. The molecule has 0 bridgehead atoms. The first-order valence-electron chi connectivity index (χ1n) is 10.0. The third-order valence-electron chi connectivity index (χ3n) is 4.95. The molecule has 0 atom stereocenters. The Morgan fingerprint density at radius 3 is 2.43 bits per heavy atom. The van der Waals surface area contributed by atoms with Crippen LogP contribution in [0, 0.1) is 13.8 Å². The van der Waals surface area contributed by atoms with Crippen LogP contribution in [0.4, 0.5) is 0 Å². The van der Waals surface area contributed by atoms with E-state index in [1.54, 1.807) is 29.2 Å². The van der Waals surface area contributed by atoms with Gasteiger partial charge < -0.3 is 14.4 Å². The van der Waals surface area contributed by atoms with Crippen molar-refractivity contribution in [3.8, 4) is 5.75 Å². The summed E-state index contributed by atoms with van der Waals surface area (Å²) < 4.78 is 38.5. The van der Waals surface area contributed by atoms with Gasteiger partial charge in [-0.1, -0.05) is 12.1 Å². The second kappa shape index (κ2) is 9.91. The number of carbonyl (C=O) groups is 1. The molecule has 0 aliphatic carbocycles. The number of carbonyl (C=O) groups excluding carboxylic acids is 1. The van der Waals surface area contributed by atoms with E-state index in [1.807, 2.05) is 26.8 Å². The summed E-state index contributed by atoms with van der Waals surface area (Å²) in [4.78, 5) is 16.9. The van der Waals surface area contributed by atoms with Gasteiger partial charge >= 0.3 is 0 Å². The van der Waals surface area contributed by atoms with Crippen LogP contribution in [0.2, 0.25) is 0 Å². The molecule has 2 aromatic rings. The first kappa shape index (κ1) is 22.7.